The van der Waals surface area contributed by atoms with E-state index in [2.05, 4.69) is 20.8 Å². The first-order chi connectivity index (χ1) is 35.4. The third kappa shape index (κ3) is 9.39. The van der Waals surface area contributed by atoms with E-state index in [1.807, 2.05) is 6.92 Å². The Morgan fingerprint density at radius 2 is 1.16 bits per heavy atom. The minimum atomic E-state index is -2.06. The molecule has 10 aliphatic rings. The highest BCUT2D eigenvalue weighted by Crippen LogP contribution is 2.72. The van der Waals surface area contributed by atoms with Crippen LogP contribution in [0.5, 0.6) is 0 Å². The number of aliphatic hydroxyl groups is 15. The lowest BCUT2D eigenvalue weighted by atomic mass is 9.42. The van der Waals surface area contributed by atoms with E-state index < -0.39 is 178 Å². The van der Waals surface area contributed by atoms with E-state index in [0.29, 0.717) is 18.9 Å². The minimum Gasteiger partial charge on any atom is -0.394 e. The lowest BCUT2D eigenvalue weighted by Crippen LogP contribution is -2.71. The molecule has 0 aromatic rings. The number of hydrogen-bond donors (Lipinski definition) is 15. The maximum atomic E-state index is 12.8. The fourth-order valence-electron chi connectivity index (χ4n) is 15.9. The van der Waals surface area contributed by atoms with Gasteiger partial charge in [-0.25, -0.2) is 0 Å². The van der Waals surface area contributed by atoms with Crippen LogP contribution in [-0.4, -0.2) is 262 Å². The van der Waals surface area contributed by atoms with Crippen molar-refractivity contribution in [3.05, 3.63) is 0 Å². The highest BCUT2D eigenvalue weighted by atomic mass is 16.8. The molecule has 0 aromatic carbocycles. The summed E-state index contributed by atoms with van der Waals surface area (Å²) in [7, 11) is 0. The van der Waals surface area contributed by atoms with E-state index in [4.69, 9.17) is 47.4 Å². The minimum absolute atomic E-state index is 0.00851. The van der Waals surface area contributed by atoms with Crippen molar-refractivity contribution in [1.29, 1.82) is 0 Å². The lowest BCUT2D eigenvalue weighted by molar-refractivity contribution is -0.405. The molecule has 33 atom stereocenters. The van der Waals surface area contributed by atoms with Crippen LogP contribution in [0.4, 0.5) is 0 Å². The summed E-state index contributed by atoms with van der Waals surface area (Å²) < 4.78 is 60.6. The molecule has 6 saturated heterocycles. The number of rotatable bonds is 11. The van der Waals surface area contributed by atoms with E-state index in [0.717, 1.165) is 32.1 Å². The molecule has 25 nitrogen and oxygen atoms in total. The molecule has 4 saturated carbocycles. The van der Waals surface area contributed by atoms with Crippen LogP contribution in [0.15, 0.2) is 0 Å². The van der Waals surface area contributed by atoms with Crippen LogP contribution >= 0.6 is 0 Å². The Kier molecular flexibility index (Phi) is 16.3. The largest absolute Gasteiger partial charge is 0.394 e. The Hall–Kier alpha value is -1.00. The maximum Gasteiger partial charge on any atom is 0.187 e. The first-order valence-electron chi connectivity index (χ1n) is 27.0. The van der Waals surface area contributed by atoms with Crippen LogP contribution in [-0.2, 0) is 47.4 Å². The van der Waals surface area contributed by atoms with Crippen molar-refractivity contribution < 1.29 is 124 Å². The second-order valence-electron chi connectivity index (χ2n) is 24.3. The van der Waals surface area contributed by atoms with Gasteiger partial charge in [0.2, 0.25) is 0 Å². The maximum absolute atomic E-state index is 12.8. The third-order valence-electron chi connectivity index (χ3n) is 20.2. The lowest BCUT2D eigenvalue weighted by Gasteiger charge is -2.66. The van der Waals surface area contributed by atoms with E-state index in [1.165, 1.54) is 0 Å². The number of hydrogen-bond acceptors (Lipinski definition) is 25. The van der Waals surface area contributed by atoms with Gasteiger partial charge in [0.05, 0.1) is 63.1 Å². The zero-order chi connectivity index (χ0) is 54.0. The average Bonchev–Trinajstić information content (AvgIpc) is 3.91. The molecule has 0 amide bonds. The molecule has 432 valence electrons. The molecular weight excluding hydrogens is 1000 g/mol. The fraction of sp³-hybridized carbons (Fsp3) is 1.00. The van der Waals surface area contributed by atoms with Crippen molar-refractivity contribution in [2.75, 3.05) is 33.0 Å². The second-order valence-corrected chi connectivity index (χ2v) is 24.3. The molecule has 33 unspecified atom stereocenters. The van der Waals surface area contributed by atoms with Crippen LogP contribution in [0, 0.1) is 46.3 Å². The average molecular weight is 1080 g/mol. The summed E-state index contributed by atoms with van der Waals surface area (Å²) in [4.78, 5) is 0. The number of aliphatic hydroxyl groups excluding tert-OH is 14. The van der Waals surface area contributed by atoms with Crippen LogP contribution in [0.3, 0.4) is 0 Å². The summed E-state index contributed by atoms with van der Waals surface area (Å²) in [6, 6.07) is 0. The monoisotopic (exact) mass is 1080 g/mol. The van der Waals surface area contributed by atoms with Crippen molar-refractivity contribution >= 4 is 0 Å². The molecule has 0 bridgehead atoms. The molecule has 6 heterocycles. The zero-order valence-electron chi connectivity index (χ0n) is 42.7. The molecule has 0 radical (unpaired) electrons. The van der Waals surface area contributed by atoms with E-state index in [1.54, 1.807) is 0 Å². The SMILES string of the molecule is CC1CCC2(OC1)OC1CC3C4CC(O)C5(O)CC(OC6OC(CO)C(OC7OC(CO)C(O)C(OC8OCC(O)C(O)C8O)C7OC7OC(CO)C(O)C(O)C7O)C(O)C6O)C(O)CC5(C)C4CCC3(C)C1C2C. The Bertz CT molecular complexity index is 1950. The number of fused-ring (bicyclic) bond motifs is 7. The molecule has 6 aliphatic heterocycles. The van der Waals surface area contributed by atoms with Crippen molar-refractivity contribution in [1.82, 2.24) is 0 Å². The summed E-state index contributed by atoms with van der Waals surface area (Å²) in [5.41, 5.74) is -2.83. The van der Waals surface area contributed by atoms with Gasteiger partial charge in [0, 0.05) is 24.2 Å². The highest BCUT2D eigenvalue weighted by Gasteiger charge is 2.73. The van der Waals surface area contributed by atoms with Gasteiger partial charge in [0.1, 0.15) is 91.6 Å². The van der Waals surface area contributed by atoms with Gasteiger partial charge in [-0.3, -0.25) is 0 Å². The Morgan fingerprint density at radius 1 is 0.547 bits per heavy atom. The first-order valence-corrected chi connectivity index (χ1v) is 27.0. The van der Waals surface area contributed by atoms with Crippen LogP contribution in [0.2, 0.25) is 0 Å². The normalized spacial score (nSPS) is 59.0. The van der Waals surface area contributed by atoms with Crippen molar-refractivity contribution in [3.8, 4) is 0 Å². The van der Waals surface area contributed by atoms with Crippen LogP contribution in [0.1, 0.15) is 79.1 Å². The van der Waals surface area contributed by atoms with Crippen LogP contribution in [0.25, 0.3) is 0 Å². The number of ether oxygens (including phenoxy) is 10. The smallest absolute Gasteiger partial charge is 0.187 e. The van der Waals surface area contributed by atoms with E-state index in [-0.39, 0.29) is 54.0 Å². The quantitative estimate of drug-likeness (QED) is 0.0860. The first kappa shape index (κ1) is 57.2. The molecule has 25 heteroatoms. The van der Waals surface area contributed by atoms with E-state index in [9.17, 15) is 76.6 Å². The predicted octanol–water partition coefficient (Wildman–Crippen LogP) is -5.21. The van der Waals surface area contributed by atoms with Crippen molar-refractivity contribution in [2.45, 2.75) is 232 Å². The molecule has 1 spiro atoms. The van der Waals surface area contributed by atoms with Gasteiger partial charge in [0.15, 0.2) is 30.9 Å². The molecule has 0 aromatic heterocycles. The summed E-state index contributed by atoms with van der Waals surface area (Å²) >= 11 is 0. The highest BCUT2D eigenvalue weighted by molar-refractivity contribution is 5.21. The fourth-order valence-corrected chi connectivity index (χ4v) is 15.9. The van der Waals surface area contributed by atoms with Gasteiger partial charge in [-0.15, -0.1) is 0 Å². The third-order valence-corrected chi connectivity index (χ3v) is 20.2. The Balaban J connectivity index is 0.846. The standard InChI is InChI=1S/C50H82O25/c1-18-5-8-50(67-16-18)19(2)31-25(75-50)10-22-20-9-30(56)49(65)12-26(23(54)11-48(49,4)21(20)6-7-47(22,31)3)68-44-39(64)36(61)40(29(15-53)71-44)72-46-42(74-45-38(63)35(60)33(58)27(13-51)69-45)41(34(59)28(14-52)70-46)73-43-37(62)32(57)24(55)17-66-43/h18-46,51-65H,5-17H2,1-4H3. The van der Waals surface area contributed by atoms with Crippen LogP contribution < -0.4 is 0 Å². The van der Waals surface area contributed by atoms with Gasteiger partial charge in [0.25, 0.3) is 0 Å². The molecule has 75 heavy (non-hydrogen) atoms. The molecule has 4 aliphatic carbocycles. The second kappa shape index (κ2) is 21.4. The van der Waals surface area contributed by atoms with Gasteiger partial charge in [-0.1, -0.05) is 27.7 Å². The molecule has 10 rings (SSSR count). The van der Waals surface area contributed by atoms with Gasteiger partial charge >= 0.3 is 0 Å². The van der Waals surface area contributed by atoms with E-state index >= 15 is 0 Å². The molecule has 10 fully saturated rings. The topological polar surface area (TPSA) is 396 Å². The summed E-state index contributed by atoms with van der Waals surface area (Å²) in [6.07, 6.45) is -34.4. The Morgan fingerprint density at radius 3 is 1.84 bits per heavy atom. The summed E-state index contributed by atoms with van der Waals surface area (Å²) in [5, 5.41) is 166. The van der Waals surface area contributed by atoms with Gasteiger partial charge in [-0.05, 0) is 73.5 Å². The Labute approximate surface area is 434 Å². The molecular formula is C50H82O25. The van der Waals surface area contributed by atoms with Crippen molar-refractivity contribution in [3.63, 3.8) is 0 Å². The van der Waals surface area contributed by atoms with Crippen molar-refractivity contribution in [2.24, 2.45) is 46.3 Å². The van der Waals surface area contributed by atoms with Gasteiger partial charge < -0.3 is 124 Å². The summed E-state index contributed by atoms with van der Waals surface area (Å²) in [5.74, 6) is 0.493. The van der Waals surface area contributed by atoms with Gasteiger partial charge in [-0.2, -0.15) is 0 Å². The predicted molar refractivity (Wildman–Crippen MR) is 246 cm³/mol. The zero-order valence-corrected chi connectivity index (χ0v) is 42.7. The molecule has 15 N–H and O–H groups in total. The summed E-state index contributed by atoms with van der Waals surface area (Å²) in [6.45, 7) is 6.10.